The largest absolute Gasteiger partial charge is 0.324 e. The standard InChI is InChI=1S/C6H8N2.H3P/c7-8-6-4-2-1-3-5-6;/h1-5,8H,7H2;1H3. The summed E-state index contributed by atoms with van der Waals surface area (Å²) < 4.78 is 0. The predicted molar refractivity (Wildman–Crippen MR) is 45.4 cm³/mol. The van der Waals surface area contributed by atoms with Crippen molar-refractivity contribution in [2.45, 2.75) is 0 Å². The maximum atomic E-state index is 5.10. The van der Waals surface area contributed by atoms with Crippen LogP contribution in [-0.4, -0.2) is 0 Å². The molecule has 0 aliphatic rings. The first-order chi connectivity index (χ1) is 3.93. The Kier molecular flexibility index (Phi) is 4.02. The smallest absolute Gasteiger partial charge is 0.0485 e. The summed E-state index contributed by atoms with van der Waals surface area (Å²) in [5.74, 6) is 5.10. The maximum Gasteiger partial charge on any atom is 0.0485 e. The van der Waals surface area contributed by atoms with Gasteiger partial charge in [0.15, 0.2) is 0 Å². The number of hydrogen-bond donors (Lipinski definition) is 2. The number of hydrazine groups is 1. The first kappa shape index (κ1) is 8.41. The third-order valence-electron chi connectivity index (χ3n) is 0.940. The van der Waals surface area contributed by atoms with Crippen molar-refractivity contribution in [3.8, 4) is 0 Å². The minimum absolute atomic E-state index is 0. The lowest BCUT2D eigenvalue weighted by atomic mass is 10.3. The normalized spacial score (nSPS) is 7.67. The molecule has 0 aromatic heterocycles. The summed E-state index contributed by atoms with van der Waals surface area (Å²) in [6, 6.07) is 9.60. The van der Waals surface area contributed by atoms with E-state index in [4.69, 9.17) is 5.84 Å². The first-order valence-electron chi connectivity index (χ1n) is 2.45. The van der Waals surface area contributed by atoms with Gasteiger partial charge in [-0.25, -0.2) is 0 Å². The molecule has 0 spiro atoms. The summed E-state index contributed by atoms with van der Waals surface area (Å²) in [5, 5.41) is 0. The molecule has 0 saturated heterocycles. The second-order valence-electron chi connectivity index (χ2n) is 1.51. The summed E-state index contributed by atoms with van der Waals surface area (Å²) in [6.07, 6.45) is 0. The van der Waals surface area contributed by atoms with Crippen LogP contribution >= 0.6 is 9.90 Å². The quantitative estimate of drug-likeness (QED) is 0.349. The van der Waals surface area contributed by atoms with Crippen LogP contribution in [0.15, 0.2) is 30.3 Å². The Balaban J connectivity index is 0.000000640. The maximum absolute atomic E-state index is 5.10. The number of nitrogens with one attached hydrogen (secondary N) is 1. The van der Waals surface area contributed by atoms with E-state index in [9.17, 15) is 0 Å². The number of benzene rings is 1. The Hall–Kier alpha value is -0.590. The second-order valence-corrected chi connectivity index (χ2v) is 1.51. The van der Waals surface area contributed by atoms with E-state index in [0.717, 1.165) is 5.69 Å². The van der Waals surface area contributed by atoms with Gasteiger partial charge in [0, 0.05) is 5.69 Å². The van der Waals surface area contributed by atoms with Crippen molar-refractivity contribution in [1.29, 1.82) is 0 Å². The van der Waals surface area contributed by atoms with Gasteiger partial charge < -0.3 is 5.43 Å². The topological polar surface area (TPSA) is 38.0 Å². The molecular weight excluding hydrogens is 131 g/mol. The third kappa shape index (κ3) is 2.45. The van der Waals surface area contributed by atoms with Gasteiger partial charge in [-0.2, -0.15) is 9.90 Å². The Labute approximate surface area is 58.0 Å². The Morgan fingerprint density at radius 3 is 2.00 bits per heavy atom. The van der Waals surface area contributed by atoms with Gasteiger partial charge in [-0.05, 0) is 12.1 Å². The molecule has 0 bridgehead atoms. The zero-order valence-corrected chi connectivity index (χ0v) is 6.59. The molecule has 0 saturated carbocycles. The van der Waals surface area contributed by atoms with Crippen LogP contribution in [0.2, 0.25) is 0 Å². The predicted octanol–water partition coefficient (Wildman–Crippen LogP) is 1.03. The molecule has 0 aliphatic carbocycles. The number of nitrogens with two attached hydrogens (primary N) is 1. The van der Waals surface area contributed by atoms with Crippen molar-refractivity contribution in [3.05, 3.63) is 30.3 Å². The molecule has 0 aliphatic heterocycles. The average molecular weight is 142 g/mol. The lowest BCUT2D eigenvalue weighted by Gasteiger charge is -1.94. The molecule has 1 rings (SSSR count). The average Bonchev–Trinajstić information content (AvgIpc) is 1.90. The van der Waals surface area contributed by atoms with Gasteiger partial charge in [-0.15, -0.1) is 0 Å². The van der Waals surface area contributed by atoms with Crippen LogP contribution in [0.3, 0.4) is 0 Å². The van der Waals surface area contributed by atoms with Gasteiger partial charge in [-0.1, -0.05) is 18.2 Å². The molecule has 9 heavy (non-hydrogen) atoms. The van der Waals surface area contributed by atoms with Gasteiger partial charge in [0.1, 0.15) is 0 Å². The summed E-state index contributed by atoms with van der Waals surface area (Å²) in [6.45, 7) is 0. The van der Waals surface area contributed by atoms with Gasteiger partial charge in [0.25, 0.3) is 0 Å². The summed E-state index contributed by atoms with van der Waals surface area (Å²) >= 11 is 0. The first-order valence-corrected chi connectivity index (χ1v) is 2.45. The molecule has 0 amide bonds. The van der Waals surface area contributed by atoms with E-state index < -0.39 is 0 Å². The zero-order chi connectivity index (χ0) is 5.82. The van der Waals surface area contributed by atoms with Crippen LogP contribution in [0.1, 0.15) is 0 Å². The Morgan fingerprint density at radius 2 is 1.67 bits per heavy atom. The fraction of sp³-hybridized carbons (Fsp3) is 0. The van der Waals surface area contributed by atoms with E-state index in [1.165, 1.54) is 0 Å². The van der Waals surface area contributed by atoms with Crippen LogP contribution in [-0.2, 0) is 0 Å². The molecule has 1 atom stereocenters. The highest BCUT2D eigenvalue weighted by molar-refractivity contribution is 6.92. The number of para-hydroxylation sites is 1. The highest BCUT2D eigenvalue weighted by Gasteiger charge is 1.78. The van der Waals surface area contributed by atoms with Crippen molar-refractivity contribution in [2.75, 3.05) is 5.43 Å². The van der Waals surface area contributed by atoms with Crippen LogP contribution in [0.5, 0.6) is 0 Å². The minimum atomic E-state index is 0. The molecule has 2 nitrogen and oxygen atoms in total. The van der Waals surface area contributed by atoms with Crippen molar-refractivity contribution in [1.82, 2.24) is 0 Å². The van der Waals surface area contributed by atoms with Crippen LogP contribution in [0.4, 0.5) is 5.69 Å². The monoisotopic (exact) mass is 142 g/mol. The Bertz CT molecular complexity index is 152. The van der Waals surface area contributed by atoms with E-state index >= 15 is 0 Å². The van der Waals surface area contributed by atoms with Gasteiger partial charge in [0.05, 0.1) is 0 Å². The second kappa shape index (κ2) is 4.30. The molecule has 1 unspecified atom stereocenters. The number of anilines is 1. The van der Waals surface area contributed by atoms with E-state index in [2.05, 4.69) is 5.43 Å². The van der Waals surface area contributed by atoms with Crippen molar-refractivity contribution in [3.63, 3.8) is 0 Å². The molecule has 1 aromatic rings. The molecule has 1 aromatic carbocycles. The van der Waals surface area contributed by atoms with Gasteiger partial charge in [-0.3, -0.25) is 5.84 Å². The molecule has 0 fully saturated rings. The van der Waals surface area contributed by atoms with Crippen molar-refractivity contribution in [2.24, 2.45) is 5.84 Å². The number of nitrogen functional groups attached to an aromatic ring is 1. The van der Waals surface area contributed by atoms with Crippen LogP contribution in [0, 0.1) is 0 Å². The summed E-state index contributed by atoms with van der Waals surface area (Å²) in [5.41, 5.74) is 3.46. The third-order valence-corrected chi connectivity index (χ3v) is 0.940. The van der Waals surface area contributed by atoms with Gasteiger partial charge in [0.2, 0.25) is 0 Å². The van der Waals surface area contributed by atoms with Crippen LogP contribution in [0.25, 0.3) is 0 Å². The van der Waals surface area contributed by atoms with E-state index in [-0.39, 0.29) is 9.90 Å². The molecule has 0 radical (unpaired) electrons. The molecule has 3 N–H and O–H groups in total. The lowest BCUT2D eigenvalue weighted by molar-refractivity contribution is 1.35. The Morgan fingerprint density at radius 1 is 1.11 bits per heavy atom. The highest BCUT2D eigenvalue weighted by atomic mass is 31.0. The molecule has 50 valence electrons. The minimum Gasteiger partial charge on any atom is -0.324 e. The van der Waals surface area contributed by atoms with E-state index in [1.54, 1.807) is 0 Å². The SMILES string of the molecule is NNc1ccccc1.P. The number of rotatable bonds is 1. The van der Waals surface area contributed by atoms with E-state index in [1.807, 2.05) is 30.3 Å². The number of hydrogen-bond acceptors (Lipinski definition) is 2. The summed E-state index contributed by atoms with van der Waals surface area (Å²) in [4.78, 5) is 0. The molecular formula is C6H11N2P. The molecule has 3 heteroatoms. The highest BCUT2D eigenvalue weighted by Crippen LogP contribution is 2.00. The lowest BCUT2D eigenvalue weighted by Crippen LogP contribution is -2.05. The fourth-order valence-electron chi connectivity index (χ4n) is 0.534. The van der Waals surface area contributed by atoms with E-state index in [0.29, 0.717) is 0 Å². The molecule has 0 heterocycles. The summed E-state index contributed by atoms with van der Waals surface area (Å²) in [7, 11) is 0. The van der Waals surface area contributed by atoms with Crippen LogP contribution < -0.4 is 11.3 Å². The zero-order valence-electron chi connectivity index (χ0n) is 5.17. The fourth-order valence-corrected chi connectivity index (χ4v) is 0.534. The van der Waals surface area contributed by atoms with Gasteiger partial charge >= 0.3 is 0 Å². The van der Waals surface area contributed by atoms with Crippen molar-refractivity contribution >= 4 is 15.6 Å². The van der Waals surface area contributed by atoms with Crippen molar-refractivity contribution < 1.29 is 0 Å².